The Kier molecular flexibility index (Phi) is 15.1. The number of rotatable bonds is 19. The molecule has 4 rings (SSSR count). The number of amides is 3. The van der Waals surface area contributed by atoms with Crippen molar-refractivity contribution in [2.75, 3.05) is 0 Å². The van der Waals surface area contributed by atoms with E-state index in [1.54, 1.807) is 0 Å². The van der Waals surface area contributed by atoms with Crippen molar-refractivity contribution in [2.45, 2.75) is 96.0 Å². The van der Waals surface area contributed by atoms with Crippen LogP contribution in [-0.2, 0) is 48.2 Å². The normalized spacial score (nSPS) is 17.1. The molecule has 5 atom stereocenters. The lowest BCUT2D eigenvalue weighted by atomic mass is 9.92. The highest BCUT2D eigenvalue weighted by Crippen LogP contribution is 2.25. The molecule has 12 heteroatoms. The first kappa shape index (κ1) is 39.4. The van der Waals surface area contributed by atoms with E-state index in [4.69, 9.17) is 14.2 Å². The van der Waals surface area contributed by atoms with Gasteiger partial charge in [-0.1, -0.05) is 118 Å². The molecule has 0 radical (unpaired) electrons. The molecular weight excluding hydrogens is 664 g/mol. The van der Waals surface area contributed by atoms with Gasteiger partial charge in [-0.05, 0) is 48.3 Å². The maximum absolute atomic E-state index is 14.1. The average molecular weight is 715 g/mol. The number of nitrogens with one attached hydrogen (secondary N) is 4. The Hall–Kier alpha value is -5.36. The minimum absolute atomic E-state index is 0.0103. The molecule has 0 spiro atoms. The number of esters is 1. The van der Waals surface area contributed by atoms with E-state index in [2.05, 4.69) is 21.3 Å². The molecule has 0 saturated heterocycles. The van der Waals surface area contributed by atoms with Crippen molar-refractivity contribution in [3.8, 4) is 0 Å². The van der Waals surface area contributed by atoms with E-state index in [0.29, 0.717) is 12.8 Å². The number of alkyl carbamates (subject to hydrolysis) is 1. The van der Waals surface area contributed by atoms with Gasteiger partial charge in [0, 0.05) is 6.20 Å². The highest BCUT2D eigenvalue weighted by Gasteiger charge is 2.53. The SMILES string of the molecule is CCCC(NC(=O)C1(C(O)C(CCc2ccccc2)NC(=O)C(CC(C)C)NC(=O)OCc2ccccc2)NC=CO1)C(=O)OCc1ccccc1. The van der Waals surface area contributed by atoms with Gasteiger partial charge in [0.05, 0.1) is 6.04 Å². The number of carbonyl (C=O) groups excluding carboxylic acids is 4. The lowest BCUT2D eigenvalue weighted by Crippen LogP contribution is -2.69. The van der Waals surface area contributed by atoms with Crippen molar-refractivity contribution in [3.05, 3.63) is 120 Å². The molecule has 1 heterocycles. The van der Waals surface area contributed by atoms with Gasteiger partial charge in [0.1, 0.15) is 37.7 Å². The van der Waals surface area contributed by atoms with Crippen LogP contribution in [0.3, 0.4) is 0 Å². The summed E-state index contributed by atoms with van der Waals surface area (Å²) in [4.78, 5) is 54.0. The van der Waals surface area contributed by atoms with E-state index < -0.39 is 53.8 Å². The fourth-order valence-electron chi connectivity index (χ4n) is 5.83. The number of aliphatic hydroxyl groups excluding tert-OH is 1. The second-order valence-electron chi connectivity index (χ2n) is 13.2. The topological polar surface area (TPSA) is 164 Å². The van der Waals surface area contributed by atoms with Gasteiger partial charge in [-0.15, -0.1) is 0 Å². The first-order chi connectivity index (χ1) is 25.1. The van der Waals surface area contributed by atoms with E-state index in [9.17, 15) is 24.3 Å². The molecule has 0 fully saturated rings. The molecule has 0 bridgehead atoms. The molecule has 5 N–H and O–H groups in total. The van der Waals surface area contributed by atoms with Gasteiger partial charge in [-0.3, -0.25) is 9.59 Å². The van der Waals surface area contributed by atoms with Gasteiger partial charge < -0.3 is 40.6 Å². The van der Waals surface area contributed by atoms with E-state index in [-0.39, 0.29) is 38.4 Å². The molecule has 3 aromatic rings. The first-order valence-corrected chi connectivity index (χ1v) is 17.7. The number of ether oxygens (including phenoxy) is 3. The molecule has 0 saturated carbocycles. The van der Waals surface area contributed by atoms with E-state index in [1.807, 2.05) is 112 Å². The van der Waals surface area contributed by atoms with Gasteiger partial charge in [0.15, 0.2) is 0 Å². The zero-order chi connectivity index (χ0) is 37.3. The molecule has 1 aliphatic rings. The van der Waals surface area contributed by atoms with Crippen LogP contribution in [0.25, 0.3) is 0 Å². The van der Waals surface area contributed by atoms with Crippen LogP contribution in [0.15, 0.2) is 103 Å². The summed E-state index contributed by atoms with van der Waals surface area (Å²) in [6, 6.07) is 24.7. The number of hydrogen-bond donors (Lipinski definition) is 5. The molecule has 3 amide bonds. The fourth-order valence-corrected chi connectivity index (χ4v) is 5.83. The standard InChI is InChI=1S/C40H50N4O8/c1-4-14-33(37(47)50-26-30-17-10-6-11-18-30)43-38(48)40(41-23-24-52-40)35(45)32(22-21-29-15-8-5-9-16-29)42-36(46)34(25-28(2)3)44-39(49)51-27-31-19-12-7-13-20-31/h5-13,15-20,23-24,28,32-35,41,45H,4,14,21-22,25-27H2,1-3H3,(H,42,46)(H,43,48)(H,44,49). The minimum atomic E-state index is -2.10. The summed E-state index contributed by atoms with van der Waals surface area (Å²) in [6.45, 7) is 5.75. The smallest absolute Gasteiger partial charge is 0.408 e. The van der Waals surface area contributed by atoms with Crippen LogP contribution in [0.4, 0.5) is 4.79 Å². The molecular formula is C40H50N4O8. The first-order valence-electron chi connectivity index (χ1n) is 17.7. The van der Waals surface area contributed by atoms with Gasteiger partial charge in [-0.2, -0.15) is 0 Å². The second-order valence-corrected chi connectivity index (χ2v) is 13.2. The monoisotopic (exact) mass is 714 g/mol. The Balaban J connectivity index is 1.52. The van der Waals surface area contributed by atoms with Crippen LogP contribution in [-0.4, -0.2) is 58.9 Å². The third-order valence-electron chi connectivity index (χ3n) is 8.59. The van der Waals surface area contributed by atoms with Gasteiger partial charge >= 0.3 is 12.1 Å². The van der Waals surface area contributed by atoms with Crippen LogP contribution in [0.1, 0.15) is 63.1 Å². The summed E-state index contributed by atoms with van der Waals surface area (Å²) in [7, 11) is 0. The third kappa shape index (κ3) is 11.6. The summed E-state index contributed by atoms with van der Waals surface area (Å²) >= 11 is 0. The van der Waals surface area contributed by atoms with Gasteiger partial charge in [-0.25, -0.2) is 9.59 Å². The number of benzene rings is 3. The van der Waals surface area contributed by atoms with Crippen molar-refractivity contribution < 1.29 is 38.5 Å². The molecule has 0 aromatic heterocycles. The summed E-state index contributed by atoms with van der Waals surface area (Å²) < 4.78 is 16.7. The Bertz CT molecular complexity index is 1600. The number of hydrogen-bond acceptors (Lipinski definition) is 9. The molecule has 12 nitrogen and oxygen atoms in total. The lowest BCUT2D eigenvalue weighted by molar-refractivity contribution is -0.163. The van der Waals surface area contributed by atoms with Gasteiger partial charge in [0.25, 0.3) is 11.6 Å². The molecule has 0 aliphatic carbocycles. The summed E-state index contributed by atoms with van der Waals surface area (Å²) in [6.07, 6.45) is 1.90. The molecule has 5 unspecified atom stereocenters. The summed E-state index contributed by atoms with van der Waals surface area (Å²) in [5.74, 6) is -2.01. The highest BCUT2D eigenvalue weighted by atomic mass is 16.6. The van der Waals surface area contributed by atoms with Gasteiger partial charge in [0.2, 0.25) is 5.91 Å². The lowest BCUT2D eigenvalue weighted by Gasteiger charge is -2.38. The van der Waals surface area contributed by atoms with Crippen molar-refractivity contribution >= 4 is 23.9 Å². The molecule has 1 aliphatic heterocycles. The maximum Gasteiger partial charge on any atom is 0.408 e. The zero-order valence-corrected chi connectivity index (χ0v) is 30.0. The number of aliphatic hydroxyl groups is 1. The van der Waals surface area contributed by atoms with Crippen LogP contribution < -0.4 is 21.3 Å². The third-order valence-corrected chi connectivity index (χ3v) is 8.59. The van der Waals surface area contributed by atoms with Crippen LogP contribution in [0.5, 0.6) is 0 Å². The number of carbonyl (C=O) groups is 4. The van der Waals surface area contributed by atoms with Crippen molar-refractivity contribution in [3.63, 3.8) is 0 Å². The predicted octanol–water partition coefficient (Wildman–Crippen LogP) is 4.62. The fraction of sp³-hybridized carbons (Fsp3) is 0.400. The van der Waals surface area contributed by atoms with Crippen molar-refractivity contribution in [2.24, 2.45) is 5.92 Å². The highest BCUT2D eigenvalue weighted by molar-refractivity contribution is 5.91. The Morgan fingerprint density at radius 1 is 0.769 bits per heavy atom. The zero-order valence-electron chi connectivity index (χ0n) is 30.0. The summed E-state index contributed by atoms with van der Waals surface area (Å²) in [5.41, 5.74) is 0.423. The summed E-state index contributed by atoms with van der Waals surface area (Å²) in [5, 5.41) is 23.1. The van der Waals surface area contributed by atoms with Crippen LogP contribution in [0.2, 0.25) is 0 Å². The minimum Gasteiger partial charge on any atom is -0.462 e. The quantitative estimate of drug-likeness (QED) is 0.112. The van der Waals surface area contributed by atoms with Crippen molar-refractivity contribution in [1.29, 1.82) is 0 Å². The Morgan fingerprint density at radius 2 is 1.35 bits per heavy atom. The predicted molar refractivity (Wildman–Crippen MR) is 195 cm³/mol. The maximum atomic E-state index is 14.1. The Morgan fingerprint density at radius 3 is 1.88 bits per heavy atom. The van der Waals surface area contributed by atoms with E-state index >= 15 is 0 Å². The molecule has 52 heavy (non-hydrogen) atoms. The van der Waals surface area contributed by atoms with Crippen molar-refractivity contribution in [1.82, 2.24) is 21.3 Å². The van der Waals surface area contributed by atoms with E-state index in [1.165, 1.54) is 12.5 Å². The van der Waals surface area contributed by atoms with Crippen LogP contribution >= 0.6 is 0 Å². The van der Waals surface area contributed by atoms with Crippen LogP contribution in [0, 0.1) is 5.92 Å². The average Bonchev–Trinajstić information content (AvgIpc) is 3.66. The second kappa shape index (κ2) is 19.9. The molecule has 278 valence electrons. The van der Waals surface area contributed by atoms with E-state index in [0.717, 1.165) is 16.7 Å². The molecule has 3 aromatic carbocycles. The largest absolute Gasteiger partial charge is 0.462 e. The number of aryl methyl sites for hydroxylation is 1. The Labute approximate surface area is 305 Å².